The molecular weight excluding hydrogens is 471 g/mol. The van der Waals surface area contributed by atoms with Gasteiger partial charge in [0.05, 0.1) is 37.2 Å². The maximum atomic E-state index is 12.2. The van der Waals surface area contributed by atoms with Crippen LogP contribution in [0.3, 0.4) is 0 Å². The maximum Gasteiger partial charge on any atom is 0.317 e. The number of aromatic amines is 1. The van der Waals surface area contributed by atoms with E-state index in [-0.39, 0.29) is 48.8 Å². The Hall–Kier alpha value is -2.46. The first-order chi connectivity index (χ1) is 15.4. The summed E-state index contributed by atoms with van der Waals surface area (Å²) in [6.45, 7) is -0.238. The Morgan fingerprint density at radius 2 is 1.58 bits per heavy atom. The molecule has 2 N–H and O–H groups in total. The van der Waals surface area contributed by atoms with Crippen LogP contribution in [-0.4, -0.2) is 74.5 Å². The summed E-state index contributed by atoms with van der Waals surface area (Å²) in [5.41, 5.74) is 1.70. The number of ether oxygens (including phenoxy) is 2. The molecule has 0 spiro atoms. The molecule has 0 bridgehead atoms. The molecule has 1 saturated carbocycles. The van der Waals surface area contributed by atoms with Crippen LogP contribution in [-0.2, 0) is 47.5 Å². The molecule has 1 heterocycles. The van der Waals surface area contributed by atoms with E-state index in [1.807, 2.05) is 29.2 Å². The molecule has 1 aromatic carbocycles. The minimum atomic E-state index is -1.05. The van der Waals surface area contributed by atoms with Crippen LogP contribution in [0.2, 0.25) is 0 Å². The van der Waals surface area contributed by atoms with Gasteiger partial charge in [-0.1, -0.05) is 25.0 Å². The van der Waals surface area contributed by atoms with E-state index >= 15 is 0 Å². The number of nitrogens with zero attached hydrogens (tertiary/aromatic N) is 3. The molecule has 1 aromatic heterocycles. The molecule has 181 valence electrons. The number of carbonyl (C=O) groups is 3. The van der Waals surface area contributed by atoms with Crippen LogP contribution in [0.5, 0.6) is 0 Å². The van der Waals surface area contributed by atoms with E-state index < -0.39 is 17.9 Å². The predicted octanol–water partition coefficient (Wildman–Crippen LogP) is 1.73. The van der Waals surface area contributed by atoms with Gasteiger partial charge in [0.2, 0.25) is 0 Å². The monoisotopic (exact) mass is 499 g/mol. The molecule has 1 radical (unpaired) electrons. The molecule has 1 unspecified atom stereocenters. The van der Waals surface area contributed by atoms with Crippen LogP contribution >= 0.6 is 0 Å². The molecule has 33 heavy (non-hydrogen) atoms. The van der Waals surface area contributed by atoms with Gasteiger partial charge in [-0.05, 0) is 25.0 Å². The number of rotatable bonds is 10. The van der Waals surface area contributed by atoms with Crippen LogP contribution in [0.1, 0.15) is 31.5 Å². The Labute approximate surface area is 203 Å². The summed E-state index contributed by atoms with van der Waals surface area (Å²) < 4.78 is 9.18. The zero-order valence-corrected chi connectivity index (χ0v) is 19.4. The van der Waals surface area contributed by atoms with E-state index in [0.717, 1.165) is 30.3 Å². The normalized spacial score (nSPS) is 18.2. The van der Waals surface area contributed by atoms with E-state index in [1.165, 1.54) is 0 Å². The van der Waals surface area contributed by atoms with Gasteiger partial charge >= 0.3 is 5.97 Å². The van der Waals surface area contributed by atoms with Crippen molar-refractivity contribution in [3.8, 4) is 0 Å². The third-order valence-electron chi connectivity index (χ3n) is 5.75. The number of fused-ring (bicyclic) bond motifs is 1. The number of imidazole rings is 1. The summed E-state index contributed by atoms with van der Waals surface area (Å²) in [5, 5.41) is 9.40. The number of carboxylic acids is 1. The van der Waals surface area contributed by atoms with Gasteiger partial charge in [0, 0.05) is 29.2 Å². The number of nitrogens with one attached hydrogen (secondary N) is 1. The van der Waals surface area contributed by atoms with Crippen molar-refractivity contribution in [3.63, 3.8) is 0 Å². The van der Waals surface area contributed by atoms with Gasteiger partial charge in [-0.15, -0.1) is 0 Å². The van der Waals surface area contributed by atoms with E-state index in [0.29, 0.717) is 18.8 Å². The van der Waals surface area contributed by atoms with Crippen LogP contribution in [0.25, 0.3) is 11.0 Å². The summed E-state index contributed by atoms with van der Waals surface area (Å²) in [7, 11) is 6.34. The van der Waals surface area contributed by atoms with Gasteiger partial charge in [0.15, 0.2) is 0 Å². The molecule has 0 saturated heterocycles. The average molecular weight is 499 g/mol. The van der Waals surface area contributed by atoms with Crippen molar-refractivity contribution in [1.82, 2.24) is 19.8 Å². The van der Waals surface area contributed by atoms with Crippen molar-refractivity contribution in [1.29, 1.82) is 0 Å². The molecule has 0 amide bonds. The number of carboxylic acid groups (broad SMARTS) is 1. The van der Waals surface area contributed by atoms with Crippen molar-refractivity contribution < 1.29 is 46.0 Å². The van der Waals surface area contributed by atoms with E-state index in [2.05, 4.69) is 33.7 Å². The molecule has 1 aliphatic rings. The fraction of sp³-hybridized carbons (Fsp3) is 0.455. The zero-order chi connectivity index (χ0) is 23.1. The SMILES string of the molecule is [CH2-]OC(=O)CN(CC(=O)O)C1CCCC[C@@H]1N(CC(=O)O[CH2-])Cc1nc2ccccc2[nH]1.[Mn]. The van der Waals surface area contributed by atoms with Crippen LogP contribution < -0.4 is 0 Å². The third kappa shape index (κ3) is 7.26. The minimum absolute atomic E-state index is 0. The maximum absolute atomic E-state index is 12.2. The van der Waals surface area contributed by atoms with E-state index in [9.17, 15) is 19.5 Å². The second kappa shape index (κ2) is 12.7. The summed E-state index contributed by atoms with van der Waals surface area (Å²) >= 11 is 0. The number of benzene rings is 1. The number of H-pyrrole nitrogens is 1. The first-order valence-corrected chi connectivity index (χ1v) is 10.4. The van der Waals surface area contributed by atoms with Crippen molar-refractivity contribution in [3.05, 3.63) is 44.3 Å². The van der Waals surface area contributed by atoms with Gasteiger partial charge in [-0.25, -0.2) is 4.98 Å². The van der Waals surface area contributed by atoms with Gasteiger partial charge in [0.1, 0.15) is 5.82 Å². The van der Waals surface area contributed by atoms with Crippen molar-refractivity contribution in [2.45, 2.75) is 44.3 Å². The molecule has 0 aliphatic heterocycles. The van der Waals surface area contributed by atoms with E-state index in [4.69, 9.17) is 0 Å². The standard InChI is InChI=1S/C22H28N4O6.Mn/c1-31-21(29)13-25(11-19-23-15-7-3-4-8-16(15)24-19)17-9-5-6-10-18(17)26(12-20(27)28)14-22(30)32-2;/h3-4,7-8,17-18H,1-2,5-6,9-14H2,(H,23,24)(H,27,28);/q-2;/t17-,18?;/m0./s1. The van der Waals surface area contributed by atoms with Crippen molar-refractivity contribution in [2.24, 2.45) is 0 Å². The number of hydrogen-bond acceptors (Lipinski definition) is 8. The largest absolute Gasteiger partial charge is 0.639 e. The molecule has 3 rings (SSSR count). The van der Waals surface area contributed by atoms with Crippen LogP contribution in [0, 0.1) is 14.2 Å². The number of aliphatic carboxylic acids is 1. The Morgan fingerprint density at radius 3 is 2.15 bits per heavy atom. The van der Waals surface area contributed by atoms with Gasteiger partial charge in [-0.3, -0.25) is 24.2 Å². The van der Waals surface area contributed by atoms with E-state index in [1.54, 1.807) is 4.90 Å². The van der Waals surface area contributed by atoms with Crippen LogP contribution in [0.4, 0.5) is 0 Å². The van der Waals surface area contributed by atoms with Gasteiger partial charge < -0.3 is 19.6 Å². The molecular formula is C22H28MnN4O6-2. The quantitative estimate of drug-likeness (QED) is 0.286. The fourth-order valence-corrected chi connectivity index (χ4v) is 4.39. The number of para-hydroxylation sites is 2. The molecule has 1 fully saturated rings. The smallest absolute Gasteiger partial charge is 0.317 e. The number of carbonyl (C=O) groups excluding carboxylic acids is 2. The topological polar surface area (TPSA) is 125 Å². The molecule has 1 aliphatic carbocycles. The van der Waals surface area contributed by atoms with Gasteiger partial charge in [0.25, 0.3) is 11.9 Å². The number of aromatic nitrogens is 2. The second-order valence-corrected chi connectivity index (χ2v) is 7.86. The average Bonchev–Trinajstić information content (AvgIpc) is 3.20. The predicted molar refractivity (Wildman–Crippen MR) is 115 cm³/mol. The Bertz CT molecular complexity index is 919. The summed E-state index contributed by atoms with van der Waals surface area (Å²) in [5.74, 6) is -1.49. The van der Waals surface area contributed by atoms with Gasteiger partial charge in [-0.2, -0.15) is 14.2 Å². The first kappa shape index (κ1) is 26.8. The summed E-state index contributed by atoms with van der Waals surface area (Å²) in [6.07, 6.45) is 3.20. The molecule has 10 nitrogen and oxygen atoms in total. The van der Waals surface area contributed by atoms with Crippen LogP contribution in [0.15, 0.2) is 24.3 Å². The zero-order valence-electron chi connectivity index (χ0n) is 18.2. The first-order valence-electron chi connectivity index (χ1n) is 10.4. The number of esters is 2. The van der Waals surface area contributed by atoms with Crippen molar-refractivity contribution >= 4 is 28.9 Å². The molecule has 11 heteroatoms. The minimum Gasteiger partial charge on any atom is -0.639 e. The molecule has 2 aromatic rings. The summed E-state index contributed by atoms with van der Waals surface area (Å²) in [4.78, 5) is 46.9. The Balaban J connectivity index is 0.00000385. The van der Waals surface area contributed by atoms with Crippen molar-refractivity contribution in [2.75, 3.05) is 19.6 Å². The second-order valence-electron chi connectivity index (χ2n) is 7.86. The third-order valence-corrected chi connectivity index (χ3v) is 5.75. The number of hydrogen-bond donors (Lipinski definition) is 2. The fourth-order valence-electron chi connectivity index (χ4n) is 4.39. The Morgan fingerprint density at radius 1 is 1.00 bits per heavy atom. The molecule has 2 atom stereocenters. The summed E-state index contributed by atoms with van der Waals surface area (Å²) in [6, 6.07) is 7.14. The Kier molecular flexibility index (Phi) is 10.3.